The predicted molar refractivity (Wildman–Crippen MR) is 144 cm³/mol. The topological polar surface area (TPSA) is 29.1 Å². The highest BCUT2D eigenvalue weighted by Gasteiger charge is 2.48. The zero-order chi connectivity index (χ0) is 24.7. The van der Waals surface area contributed by atoms with Crippen molar-refractivity contribution in [3.05, 3.63) is 47.1 Å². The molecule has 2 heteroatoms. The molecule has 3 atom stereocenters. The monoisotopic (exact) mass is 443 g/mol. The molecule has 184 valence electrons. The van der Waals surface area contributed by atoms with E-state index in [1.54, 1.807) is 0 Å². The highest BCUT2D eigenvalue weighted by molar-refractivity contribution is 5.93. The molecule has 2 nitrogen and oxygen atoms in total. The first kappa shape index (κ1) is 30.4. The van der Waals surface area contributed by atoms with Gasteiger partial charge in [-0.05, 0) is 87.3 Å². The Bertz CT molecular complexity index is 660. The van der Waals surface area contributed by atoms with Gasteiger partial charge in [0.25, 0.3) is 0 Å². The molecule has 3 unspecified atom stereocenters. The minimum atomic E-state index is 0.0904. The van der Waals surface area contributed by atoms with Crippen LogP contribution in [0.1, 0.15) is 114 Å². The Morgan fingerprint density at radius 1 is 1.09 bits per heavy atom. The van der Waals surface area contributed by atoms with Crippen LogP contribution in [0.4, 0.5) is 0 Å². The van der Waals surface area contributed by atoms with E-state index in [1.807, 2.05) is 39.8 Å². The van der Waals surface area contributed by atoms with Crippen LogP contribution in [0.15, 0.2) is 47.1 Å². The molecule has 0 radical (unpaired) electrons. The van der Waals surface area contributed by atoms with Gasteiger partial charge in [0.05, 0.1) is 0 Å². The van der Waals surface area contributed by atoms with Crippen molar-refractivity contribution in [3.8, 4) is 0 Å². The summed E-state index contributed by atoms with van der Waals surface area (Å²) in [6.07, 6.45) is 18.7. The lowest BCUT2D eigenvalue weighted by atomic mass is 9.78. The van der Waals surface area contributed by atoms with Gasteiger partial charge in [-0.3, -0.25) is 4.79 Å². The van der Waals surface area contributed by atoms with Crippen molar-refractivity contribution in [2.24, 2.45) is 17.3 Å². The van der Waals surface area contributed by atoms with E-state index in [4.69, 9.17) is 0 Å². The number of amides is 1. The summed E-state index contributed by atoms with van der Waals surface area (Å²) in [4.78, 5) is 13.2. The van der Waals surface area contributed by atoms with Gasteiger partial charge in [0, 0.05) is 11.6 Å². The first-order valence-corrected chi connectivity index (χ1v) is 13.2. The molecule has 0 spiro atoms. The van der Waals surface area contributed by atoms with Gasteiger partial charge < -0.3 is 5.32 Å². The Hall–Kier alpha value is -1.57. The molecule has 0 aromatic rings. The number of carbonyl (C=O) groups excluding carboxylic acids is 1. The van der Waals surface area contributed by atoms with Crippen LogP contribution in [0, 0.1) is 17.3 Å². The summed E-state index contributed by atoms with van der Waals surface area (Å²) in [6.45, 7) is 21.5. The summed E-state index contributed by atoms with van der Waals surface area (Å²) in [5.41, 5.74) is 3.35. The van der Waals surface area contributed by atoms with Gasteiger partial charge in [-0.1, -0.05) is 85.6 Å². The smallest absolute Gasteiger partial charge is 0.247 e. The quantitative estimate of drug-likeness (QED) is 0.223. The lowest BCUT2D eigenvalue weighted by molar-refractivity contribution is -0.119. The van der Waals surface area contributed by atoms with Crippen molar-refractivity contribution >= 4 is 5.91 Å². The molecule has 1 aliphatic carbocycles. The molecule has 0 aliphatic heterocycles. The first-order valence-electron chi connectivity index (χ1n) is 13.2. The van der Waals surface area contributed by atoms with E-state index in [9.17, 15) is 4.79 Å². The van der Waals surface area contributed by atoms with Crippen LogP contribution < -0.4 is 5.32 Å². The molecule has 1 saturated carbocycles. The third-order valence-corrected chi connectivity index (χ3v) is 6.74. The lowest BCUT2D eigenvalue weighted by Crippen LogP contribution is -2.46. The van der Waals surface area contributed by atoms with Gasteiger partial charge in [-0.2, -0.15) is 0 Å². The summed E-state index contributed by atoms with van der Waals surface area (Å²) in [7, 11) is 0. The molecule has 1 aliphatic rings. The number of carbonyl (C=O) groups is 1. The highest BCUT2D eigenvalue weighted by atomic mass is 16.1. The number of hydrogen-bond donors (Lipinski definition) is 1. The molecule has 1 fully saturated rings. The number of rotatable bonds is 13. The van der Waals surface area contributed by atoms with Crippen LogP contribution in [0.2, 0.25) is 0 Å². The fourth-order valence-electron chi connectivity index (χ4n) is 4.26. The minimum Gasteiger partial charge on any atom is -0.349 e. The maximum absolute atomic E-state index is 13.2. The van der Waals surface area contributed by atoms with E-state index >= 15 is 0 Å². The molecule has 1 amide bonds. The van der Waals surface area contributed by atoms with Crippen LogP contribution in [0.25, 0.3) is 0 Å². The Morgan fingerprint density at radius 2 is 1.72 bits per heavy atom. The highest BCUT2D eigenvalue weighted by Crippen LogP contribution is 2.51. The van der Waals surface area contributed by atoms with Crippen molar-refractivity contribution in [2.45, 2.75) is 120 Å². The van der Waals surface area contributed by atoms with Gasteiger partial charge in [0.2, 0.25) is 5.91 Å². The average molecular weight is 444 g/mol. The molecular formula is C30H53NO. The zero-order valence-corrected chi connectivity index (χ0v) is 23.0. The third kappa shape index (κ3) is 10.4. The van der Waals surface area contributed by atoms with Crippen molar-refractivity contribution in [1.29, 1.82) is 0 Å². The van der Waals surface area contributed by atoms with Gasteiger partial charge in [0.15, 0.2) is 0 Å². The first-order chi connectivity index (χ1) is 15.2. The molecule has 0 aromatic carbocycles. The Labute approximate surface area is 200 Å². The van der Waals surface area contributed by atoms with Gasteiger partial charge in [0.1, 0.15) is 0 Å². The minimum absolute atomic E-state index is 0.0904. The number of nitrogens with one attached hydrogen (secondary N) is 1. The SMILES string of the molecule is CC.C\C=C/C(/C=C(\C)C(=O)NC(C(CCC)CC(C)CC)C1(C)CC1)=C(C)/C=C/CC. The second-order valence-corrected chi connectivity index (χ2v) is 9.68. The summed E-state index contributed by atoms with van der Waals surface area (Å²) in [5, 5.41) is 3.49. The second kappa shape index (κ2) is 16.1. The normalized spacial score (nSPS) is 19.1. The van der Waals surface area contributed by atoms with Crippen molar-refractivity contribution < 1.29 is 4.79 Å². The van der Waals surface area contributed by atoms with E-state index < -0.39 is 0 Å². The van der Waals surface area contributed by atoms with Gasteiger partial charge in [-0.15, -0.1) is 0 Å². The van der Waals surface area contributed by atoms with Crippen LogP contribution in [-0.4, -0.2) is 11.9 Å². The summed E-state index contributed by atoms with van der Waals surface area (Å²) >= 11 is 0. The molecule has 1 N–H and O–H groups in total. The number of allylic oxidation sites excluding steroid dienone is 7. The van der Waals surface area contributed by atoms with Crippen LogP contribution in [0.5, 0.6) is 0 Å². The van der Waals surface area contributed by atoms with Crippen LogP contribution >= 0.6 is 0 Å². The molecule has 0 heterocycles. The fraction of sp³-hybridized carbons (Fsp3) is 0.700. The van der Waals surface area contributed by atoms with Crippen molar-refractivity contribution in [3.63, 3.8) is 0 Å². The maximum Gasteiger partial charge on any atom is 0.247 e. The Morgan fingerprint density at radius 3 is 2.19 bits per heavy atom. The van der Waals surface area contributed by atoms with Gasteiger partial charge in [-0.25, -0.2) is 0 Å². The standard InChI is InChI=1S/C28H47NO.C2H6/c1-9-13-16-22(6)24(14-10-2)20-23(7)27(30)29-26(28(8)17-18-28)25(15-11-3)19-21(5)12-4;1-2/h10,13-14,16,20-21,25-26H,9,11-12,15,17-19H2,1-8H3,(H,29,30);1-2H3/b14-10-,16-13+,23-20+,24-22-;. The molecule has 0 saturated heterocycles. The fourth-order valence-corrected chi connectivity index (χ4v) is 4.26. The van der Waals surface area contributed by atoms with E-state index in [1.165, 1.54) is 44.1 Å². The lowest BCUT2D eigenvalue weighted by Gasteiger charge is -2.34. The molecule has 32 heavy (non-hydrogen) atoms. The van der Waals surface area contributed by atoms with Crippen LogP contribution in [0.3, 0.4) is 0 Å². The molecule has 0 aromatic heterocycles. The van der Waals surface area contributed by atoms with E-state index in [0.717, 1.165) is 17.6 Å². The van der Waals surface area contributed by atoms with Crippen LogP contribution in [-0.2, 0) is 4.79 Å². The van der Waals surface area contributed by atoms with Crippen molar-refractivity contribution in [1.82, 2.24) is 5.32 Å². The summed E-state index contributed by atoms with van der Waals surface area (Å²) in [6, 6.07) is 0.275. The maximum atomic E-state index is 13.2. The van der Waals surface area contributed by atoms with Crippen molar-refractivity contribution in [2.75, 3.05) is 0 Å². The summed E-state index contributed by atoms with van der Waals surface area (Å²) < 4.78 is 0. The molecular weight excluding hydrogens is 390 g/mol. The predicted octanol–water partition coefficient (Wildman–Crippen LogP) is 8.96. The second-order valence-electron chi connectivity index (χ2n) is 9.68. The molecule has 0 bridgehead atoms. The summed E-state index contributed by atoms with van der Waals surface area (Å²) in [5.74, 6) is 1.36. The Kier molecular flexibility index (Phi) is 15.3. The van der Waals surface area contributed by atoms with E-state index in [-0.39, 0.29) is 17.4 Å². The zero-order valence-electron chi connectivity index (χ0n) is 23.0. The van der Waals surface area contributed by atoms with E-state index in [0.29, 0.717) is 11.8 Å². The van der Waals surface area contributed by atoms with E-state index in [2.05, 4.69) is 65.1 Å². The molecule has 1 rings (SSSR count). The third-order valence-electron chi connectivity index (χ3n) is 6.74. The largest absolute Gasteiger partial charge is 0.349 e. The average Bonchev–Trinajstić information content (AvgIpc) is 3.54. The Balaban J connectivity index is 0.00000466. The van der Waals surface area contributed by atoms with Gasteiger partial charge >= 0.3 is 0 Å². The number of hydrogen-bond acceptors (Lipinski definition) is 1.